The molecule has 10 heteroatoms. The Morgan fingerprint density at radius 3 is 2.64 bits per heavy atom. The summed E-state index contributed by atoms with van der Waals surface area (Å²) in [5.74, 6) is -1.17. The third kappa shape index (κ3) is 4.51. The number of carbonyl (C=O) groups is 4. The van der Waals surface area contributed by atoms with E-state index in [1.807, 2.05) is 20.8 Å². The third-order valence-electron chi connectivity index (χ3n) is 8.12. The van der Waals surface area contributed by atoms with Crippen molar-refractivity contribution in [3.05, 3.63) is 64.5 Å². The summed E-state index contributed by atoms with van der Waals surface area (Å²) in [7, 11) is 1.51. The number of likely N-dealkylation sites (tertiary alicyclic amines) is 1. The van der Waals surface area contributed by atoms with Crippen LogP contribution in [0.4, 0.5) is 19.7 Å². The van der Waals surface area contributed by atoms with E-state index in [9.17, 15) is 23.6 Å². The lowest BCUT2D eigenvalue weighted by atomic mass is 9.91. The molecule has 0 unspecified atom stereocenters. The van der Waals surface area contributed by atoms with E-state index in [0.717, 1.165) is 28.0 Å². The molecule has 1 spiro atoms. The van der Waals surface area contributed by atoms with Gasteiger partial charge in [0.15, 0.2) is 0 Å². The molecule has 9 nitrogen and oxygen atoms in total. The van der Waals surface area contributed by atoms with Crippen LogP contribution in [0.2, 0.25) is 0 Å². The lowest BCUT2D eigenvalue weighted by molar-refractivity contribution is -0.143. The number of hydrogen-bond donors (Lipinski definition) is 2. The van der Waals surface area contributed by atoms with E-state index in [0.29, 0.717) is 24.1 Å². The highest BCUT2D eigenvalue weighted by molar-refractivity contribution is 6.06. The number of aryl methyl sites for hydroxylation is 1. The van der Waals surface area contributed by atoms with Crippen LogP contribution in [0.3, 0.4) is 0 Å². The maximum Gasteiger partial charge on any atom is 0.418 e. The molecule has 0 aromatic heterocycles. The number of anilines is 1. The number of benzene rings is 2. The van der Waals surface area contributed by atoms with Gasteiger partial charge >= 0.3 is 12.1 Å². The molecule has 5 amide bonds. The van der Waals surface area contributed by atoms with E-state index >= 15 is 0 Å². The van der Waals surface area contributed by atoms with E-state index in [1.165, 1.54) is 19.2 Å². The minimum Gasteiger partial charge on any atom is -0.427 e. The lowest BCUT2D eigenvalue weighted by Gasteiger charge is -2.31. The molecule has 5 rings (SSSR count). The molecule has 39 heavy (non-hydrogen) atoms. The molecule has 0 saturated carbocycles. The molecular weight excluding hydrogens is 503 g/mol. The second-order valence-electron chi connectivity index (χ2n) is 10.8. The van der Waals surface area contributed by atoms with Crippen LogP contribution in [0.5, 0.6) is 0 Å². The Bertz CT molecular complexity index is 1360. The first-order valence-corrected chi connectivity index (χ1v) is 13.3. The number of carbonyl (C=O) groups excluding carboxylic acids is 4. The van der Waals surface area contributed by atoms with E-state index in [-0.39, 0.29) is 42.2 Å². The standard InChI is InChI=1S/C29H33FN4O5/c1-16(2)22-14-19(30)6-8-21(22)24-10-5-17(3)34(24)25(35)15-33-26(36)29(39-28(33)38)12-11-18-13-20(7-9-23(18)29)32-27(37)31-4/h6-9,13-14,16-17,24H,5,10-12,15H2,1-4H3,(H2,31,32,37)/t17-,24+,29-/m1/s1. The largest absolute Gasteiger partial charge is 0.427 e. The van der Waals surface area contributed by atoms with Crippen LogP contribution in [-0.4, -0.2) is 53.4 Å². The molecule has 0 radical (unpaired) electrons. The summed E-state index contributed by atoms with van der Waals surface area (Å²) in [5, 5.41) is 5.18. The maximum absolute atomic E-state index is 14.0. The first kappa shape index (κ1) is 26.6. The highest BCUT2D eigenvalue weighted by Crippen LogP contribution is 2.46. The number of nitrogens with zero attached hydrogens (tertiary/aromatic N) is 2. The van der Waals surface area contributed by atoms with Gasteiger partial charge in [-0.3, -0.25) is 9.59 Å². The number of amides is 5. The molecule has 3 atom stereocenters. The highest BCUT2D eigenvalue weighted by Gasteiger charge is 2.58. The fourth-order valence-electron chi connectivity index (χ4n) is 6.20. The normalized spacial score (nSPS) is 23.9. The van der Waals surface area contributed by atoms with E-state index < -0.39 is 24.1 Å². The van der Waals surface area contributed by atoms with Crippen molar-refractivity contribution in [1.29, 1.82) is 0 Å². The average molecular weight is 537 g/mol. The van der Waals surface area contributed by atoms with Crippen molar-refractivity contribution in [3.8, 4) is 0 Å². The van der Waals surface area contributed by atoms with Crippen molar-refractivity contribution in [3.63, 3.8) is 0 Å². The summed E-state index contributed by atoms with van der Waals surface area (Å²) in [6.45, 7) is 5.49. The smallest absolute Gasteiger partial charge is 0.418 e. The Kier molecular flexibility index (Phi) is 6.82. The number of halogens is 1. The second-order valence-corrected chi connectivity index (χ2v) is 10.8. The summed E-state index contributed by atoms with van der Waals surface area (Å²) in [5.41, 5.74) is 2.18. The number of rotatable bonds is 5. The second kappa shape index (κ2) is 9.98. The molecular formula is C29H33FN4O5. The summed E-state index contributed by atoms with van der Waals surface area (Å²) in [6.07, 6.45) is 1.36. The van der Waals surface area contributed by atoms with Crippen LogP contribution in [0.1, 0.15) is 74.2 Å². The number of nitrogens with one attached hydrogen (secondary N) is 2. The van der Waals surface area contributed by atoms with Crippen LogP contribution in [0, 0.1) is 5.82 Å². The van der Waals surface area contributed by atoms with Crippen molar-refractivity contribution >= 4 is 29.6 Å². The van der Waals surface area contributed by atoms with Gasteiger partial charge in [-0.05, 0) is 73.1 Å². The van der Waals surface area contributed by atoms with Crippen molar-refractivity contribution in [2.45, 2.75) is 70.1 Å². The molecule has 2 aromatic rings. The highest BCUT2D eigenvalue weighted by atomic mass is 19.1. The molecule has 2 N–H and O–H groups in total. The maximum atomic E-state index is 14.0. The molecule has 2 heterocycles. The minimum absolute atomic E-state index is 0.0630. The van der Waals surface area contributed by atoms with Gasteiger partial charge < -0.3 is 20.3 Å². The first-order chi connectivity index (χ1) is 18.6. The van der Waals surface area contributed by atoms with E-state index in [1.54, 1.807) is 29.2 Å². The Balaban J connectivity index is 1.38. The van der Waals surface area contributed by atoms with Gasteiger partial charge in [0.2, 0.25) is 11.5 Å². The zero-order chi connectivity index (χ0) is 28.1. The number of fused-ring (bicyclic) bond motifs is 2. The van der Waals surface area contributed by atoms with Crippen molar-refractivity contribution in [1.82, 2.24) is 15.1 Å². The number of ether oxygens (including phenoxy) is 1. The van der Waals surface area contributed by atoms with E-state index in [2.05, 4.69) is 10.6 Å². The number of hydrogen-bond acceptors (Lipinski definition) is 5. The summed E-state index contributed by atoms with van der Waals surface area (Å²) in [4.78, 5) is 54.6. The van der Waals surface area contributed by atoms with Crippen molar-refractivity contribution < 1.29 is 28.3 Å². The summed E-state index contributed by atoms with van der Waals surface area (Å²) >= 11 is 0. The Morgan fingerprint density at radius 2 is 1.92 bits per heavy atom. The predicted octanol–water partition coefficient (Wildman–Crippen LogP) is 4.57. The van der Waals surface area contributed by atoms with Crippen LogP contribution >= 0.6 is 0 Å². The molecule has 0 bridgehead atoms. The fraction of sp³-hybridized carbons (Fsp3) is 0.448. The van der Waals surface area contributed by atoms with Gasteiger partial charge in [-0.15, -0.1) is 0 Å². The lowest BCUT2D eigenvalue weighted by Crippen LogP contribution is -2.46. The molecule has 2 aromatic carbocycles. The quantitative estimate of drug-likeness (QED) is 0.582. The average Bonchev–Trinajstić information content (AvgIpc) is 3.53. The molecule has 2 saturated heterocycles. The van der Waals surface area contributed by atoms with E-state index in [4.69, 9.17) is 4.74 Å². The van der Waals surface area contributed by atoms with Crippen LogP contribution < -0.4 is 10.6 Å². The Hall–Kier alpha value is -3.95. The molecule has 3 aliphatic rings. The molecule has 1 aliphatic carbocycles. The topological polar surface area (TPSA) is 108 Å². The van der Waals surface area contributed by atoms with Gasteiger partial charge in [-0.2, -0.15) is 0 Å². The van der Waals surface area contributed by atoms with Gasteiger partial charge in [-0.1, -0.05) is 26.0 Å². The molecule has 206 valence electrons. The third-order valence-corrected chi connectivity index (χ3v) is 8.12. The number of urea groups is 1. The van der Waals surface area contributed by atoms with Crippen LogP contribution in [-0.2, 0) is 26.3 Å². The summed E-state index contributed by atoms with van der Waals surface area (Å²) < 4.78 is 19.7. The van der Waals surface area contributed by atoms with Gasteiger partial charge in [0.25, 0.3) is 5.91 Å². The monoisotopic (exact) mass is 536 g/mol. The Morgan fingerprint density at radius 1 is 1.15 bits per heavy atom. The zero-order valence-electron chi connectivity index (χ0n) is 22.5. The molecule has 2 fully saturated rings. The van der Waals surface area contributed by atoms with Gasteiger partial charge in [0.1, 0.15) is 12.4 Å². The predicted molar refractivity (Wildman–Crippen MR) is 141 cm³/mol. The number of imide groups is 1. The van der Waals surface area contributed by atoms with Crippen LogP contribution in [0.25, 0.3) is 0 Å². The molecule has 2 aliphatic heterocycles. The fourth-order valence-corrected chi connectivity index (χ4v) is 6.20. The zero-order valence-corrected chi connectivity index (χ0v) is 22.5. The van der Waals surface area contributed by atoms with Crippen molar-refractivity contribution in [2.75, 3.05) is 18.9 Å². The van der Waals surface area contributed by atoms with Gasteiger partial charge in [0, 0.05) is 30.8 Å². The van der Waals surface area contributed by atoms with Gasteiger partial charge in [-0.25, -0.2) is 18.9 Å². The van der Waals surface area contributed by atoms with Crippen molar-refractivity contribution in [2.24, 2.45) is 0 Å². The SMILES string of the molecule is CNC(=O)Nc1ccc2c(c1)CC[C@@]21OC(=O)N(CC(=O)N2[C@H](C)CC[C@H]2c2ccc(F)cc2C(C)C)C1=O. The summed E-state index contributed by atoms with van der Waals surface area (Å²) in [6, 6.07) is 9.02. The van der Waals surface area contributed by atoms with Crippen LogP contribution in [0.15, 0.2) is 36.4 Å². The van der Waals surface area contributed by atoms with Gasteiger partial charge in [0.05, 0.1) is 6.04 Å². The first-order valence-electron chi connectivity index (χ1n) is 13.3. The Labute approximate surface area is 226 Å². The minimum atomic E-state index is -1.48.